The highest BCUT2D eigenvalue weighted by Gasteiger charge is 2.23. The predicted octanol–water partition coefficient (Wildman–Crippen LogP) is 1.04. The van der Waals surface area contributed by atoms with E-state index < -0.39 is 0 Å². The number of hydrogen-bond acceptors (Lipinski definition) is 5. The monoisotopic (exact) mass is 254 g/mol. The molecule has 0 bridgehead atoms. The first kappa shape index (κ1) is 10.7. The third kappa shape index (κ3) is 1.57. The van der Waals surface area contributed by atoms with Gasteiger partial charge in [-0.3, -0.25) is 0 Å². The summed E-state index contributed by atoms with van der Waals surface area (Å²) in [6.45, 7) is 1.77. The van der Waals surface area contributed by atoms with Gasteiger partial charge in [0.15, 0.2) is 5.82 Å². The van der Waals surface area contributed by atoms with Crippen molar-refractivity contribution in [3.63, 3.8) is 0 Å². The van der Waals surface area contributed by atoms with Crippen LogP contribution in [0, 0.1) is 0 Å². The van der Waals surface area contributed by atoms with E-state index in [0.717, 1.165) is 47.1 Å². The lowest BCUT2D eigenvalue weighted by Gasteiger charge is -2.18. The molecule has 0 radical (unpaired) electrons. The van der Waals surface area contributed by atoms with Gasteiger partial charge < -0.3 is 15.6 Å². The molecule has 6 nitrogen and oxygen atoms in total. The molecule has 1 saturated heterocycles. The minimum atomic E-state index is 0.223. The fourth-order valence-corrected chi connectivity index (χ4v) is 2.77. The summed E-state index contributed by atoms with van der Waals surface area (Å²) in [6, 6.07) is 2.26. The Kier molecular flexibility index (Phi) is 2.19. The minimum absolute atomic E-state index is 0.223. The van der Waals surface area contributed by atoms with Gasteiger partial charge >= 0.3 is 0 Å². The highest BCUT2D eigenvalue weighted by atomic mass is 15.3. The molecule has 3 aromatic heterocycles. The quantitative estimate of drug-likeness (QED) is 0.678. The van der Waals surface area contributed by atoms with Crippen molar-refractivity contribution in [2.24, 2.45) is 5.73 Å². The van der Waals surface area contributed by atoms with Gasteiger partial charge in [-0.05, 0) is 12.5 Å². The van der Waals surface area contributed by atoms with E-state index in [1.165, 1.54) is 0 Å². The fraction of sp³-hybridized carbons (Fsp3) is 0.308. The minimum Gasteiger partial charge on any atom is -0.353 e. The molecular formula is C13H14N6. The summed E-state index contributed by atoms with van der Waals surface area (Å²) >= 11 is 0. The van der Waals surface area contributed by atoms with E-state index in [0.29, 0.717) is 0 Å². The molecular weight excluding hydrogens is 240 g/mol. The molecule has 4 rings (SSSR count). The number of nitrogens with two attached hydrogens (primary N) is 1. The topological polar surface area (TPSA) is 83.7 Å². The van der Waals surface area contributed by atoms with Crippen LogP contribution in [-0.2, 0) is 0 Å². The Hall–Kier alpha value is -2.21. The third-order valence-corrected chi connectivity index (χ3v) is 3.71. The van der Waals surface area contributed by atoms with Crippen molar-refractivity contribution < 1.29 is 0 Å². The van der Waals surface area contributed by atoms with Crippen LogP contribution in [-0.4, -0.2) is 39.3 Å². The molecule has 6 heteroatoms. The van der Waals surface area contributed by atoms with Gasteiger partial charge in [0.05, 0.1) is 6.20 Å². The first-order valence-corrected chi connectivity index (χ1v) is 6.41. The third-order valence-electron chi connectivity index (χ3n) is 3.71. The van der Waals surface area contributed by atoms with Crippen molar-refractivity contribution in [2.45, 2.75) is 12.5 Å². The van der Waals surface area contributed by atoms with Crippen LogP contribution in [0.5, 0.6) is 0 Å². The number of fused-ring (bicyclic) bond motifs is 3. The Morgan fingerprint density at radius 2 is 2.32 bits per heavy atom. The first-order chi connectivity index (χ1) is 9.33. The summed E-state index contributed by atoms with van der Waals surface area (Å²) in [4.78, 5) is 9.74. The lowest BCUT2D eigenvalue weighted by Crippen LogP contribution is -2.27. The second kappa shape index (κ2) is 3.89. The lowest BCUT2D eigenvalue weighted by molar-refractivity contribution is 0.751. The summed E-state index contributed by atoms with van der Waals surface area (Å²) in [5.41, 5.74) is 6.87. The number of rotatable bonds is 1. The van der Waals surface area contributed by atoms with E-state index in [1.54, 1.807) is 6.20 Å². The van der Waals surface area contributed by atoms with Crippen LogP contribution >= 0.6 is 0 Å². The highest BCUT2D eigenvalue weighted by Crippen LogP contribution is 2.31. The van der Waals surface area contributed by atoms with Crippen molar-refractivity contribution in [3.05, 3.63) is 24.7 Å². The molecule has 3 aromatic rings. The van der Waals surface area contributed by atoms with Crippen LogP contribution in [0.25, 0.3) is 21.8 Å². The predicted molar refractivity (Wildman–Crippen MR) is 74.0 cm³/mol. The maximum atomic E-state index is 5.99. The summed E-state index contributed by atoms with van der Waals surface area (Å²) < 4.78 is 0. The van der Waals surface area contributed by atoms with Crippen molar-refractivity contribution in [2.75, 3.05) is 18.0 Å². The van der Waals surface area contributed by atoms with Crippen molar-refractivity contribution in [1.29, 1.82) is 0 Å². The van der Waals surface area contributed by atoms with Crippen LogP contribution in [0.1, 0.15) is 6.42 Å². The number of nitrogens with zero attached hydrogens (tertiary/aromatic N) is 4. The van der Waals surface area contributed by atoms with Crippen LogP contribution < -0.4 is 10.6 Å². The Balaban J connectivity index is 2.01. The molecule has 0 aromatic carbocycles. The lowest BCUT2D eigenvalue weighted by atomic mass is 10.1. The molecule has 0 aliphatic carbocycles. The zero-order valence-electron chi connectivity index (χ0n) is 10.4. The molecule has 1 atom stereocenters. The SMILES string of the molecule is NC1CCN(c2nncc3cnc4[nH]ccc4c23)C1. The molecule has 1 aliphatic rings. The average molecular weight is 254 g/mol. The maximum absolute atomic E-state index is 5.99. The van der Waals surface area contributed by atoms with Gasteiger partial charge in [0.2, 0.25) is 0 Å². The Bertz CT molecular complexity index is 749. The summed E-state index contributed by atoms with van der Waals surface area (Å²) in [5, 5.41) is 11.6. The molecule has 0 spiro atoms. The molecule has 19 heavy (non-hydrogen) atoms. The number of pyridine rings is 1. The normalized spacial score (nSPS) is 19.6. The van der Waals surface area contributed by atoms with Crippen molar-refractivity contribution in [1.82, 2.24) is 20.2 Å². The largest absolute Gasteiger partial charge is 0.353 e. The molecule has 96 valence electrons. The number of anilines is 1. The molecule has 0 saturated carbocycles. The Morgan fingerprint density at radius 3 is 3.16 bits per heavy atom. The number of aromatic nitrogens is 4. The smallest absolute Gasteiger partial charge is 0.160 e. The maximum Gasteiger partial charge on any atom is 0.160 e. The molecule has 0 amide bonds. The van der Waals surface area contributed by atoms with Gasteiger partial charge in [-0.2, -0.15) is 5.10 Å². The van der Waals surface area contributed by atoms with Gasteiger partial charge in [-0.1, -0.05) is 0 Å². The van der Waals surface area contributed by atoms with Gasteiger partial charge in [0, 0.05) is 47.7 Å². The first-order valence-electron chi connectivity index (χ1n) is 6.41. The average Bonchev–Trinajstić information content (AvgIpc) is 3.06. The zero-order valence-corrected chi connectivity index (χ0v) is 10.4. The van der Waals surface area contributed by atoms with Gasteiger partial charge in [0.25, 0.3) is 0 Å². The van der Waals surface area contributed by atoms with E-state index in [-0.39, 0.29) is 6.04 Å². The van der Waals surface area contributed by atoms with E-state index >= 15 is 0 Å². The van der Waals surface area contributed by atoms with E-state index in [4.69, 9.17) is 5.73 Å². The highest BCUT2D eigenvalue weighted by molar-refractivity contribution is 6.09. The molecule has 1 fully saturated rings. The zero-order chi connectivity index (χ0) is 12.8. The summed E-state index contributed by atoms with van der Waals surface area (Å²) in [6.07, 6.45) is 6.49. The van der Waals surface area contributed by atoms with Gasteiger partial charge in [0.1, 0.15) is 5.65 Å². The Labute approximate surface area is 109 Å². The fourth-order valence-electron chi connectivity index (χ4n) is 2.77. The van der Waals surface area contributed by atoms with Crippen LogP contribution in [0.2, 0.25) is 0 Å². The molecule has 1 unspecified atom stereocenters. The van der Waals surface area contributed by atoms with Gasteiger partial charge in [-0.25, -0.2) is 4.98 Å². The second-order valence-corrected chi connectivity index (χ2v) is 4.99. The molecule has 1 aliphatic heterocycles. The number of aromatic amines is 1. The molecule has 3 N–H and O–H groups in total. The number of H-pyrrole nitrogens is 1. The number of nitrogens with one attached hydrogen (secondary N) is 1. The van der Waals surface area contributed by atoms with Crippen molar-refractivity contribution >= 4 is 27.6 Å². The van der Waals surface area contributed by atoms with Gasteiger partial charge in [-0.15, -0.1) is 5.10 Å². The summed E-state index contributed by atoms with van der Waals surface area (Å²) in [5.74, 6) is 0.914. The van der Waals surface area contributed by atoms with E-state index in [2.05, 4.69) is 25.1 Å². The Morgan fingerprint density at radius 1 is 1.37 bits per heavy atom. The van der Waals surface area contributed by atoms with Crippen LogP contribution in [0.3, 0.4) is 0 Å². The van der Waals surface area contributed by atoms with Crippen molar-refractivity contribution in [3.8, 4) is 0 Å². The van der Waals surface area contributed by atoms with Crippen LogP contribution in [0.15, 0.2) is 24.7 Å². The molecule has 4 heterocycles. The second-order valence-electron chi connectivity index (χ2n) is 4.99. The number of hydrogen-bond donors (Lipinski definition) is 2. The van der Waals surface area contributed by atoms with E-state index in [1.807, 2.05) is 18.5 Å². The van der Waals surface area contributed by atoms with E-state index in [9.17, 15) is 0 Å². The van der Waals surface area contributed by atoms with Crippen LogP contribution in [0.4, 0.5) is 5.82 Å². The summed E-state index contributed by atoms with van der Waals surface area (Å²) in [7, 11) is 0. The standard InChI is InChI=1S/C13H14N6/c14-9-2-4-19(7-9)13-11-8(6-17-18-13)5-16-12-10(11)1-3-15-12/h1,3,5-6,9H,2,4,7,14H2,(H,15,16).